The number of nitro groups is 1. The lowest BCUT2D eigenvalue weighted by molar-refractivity contribution is -0.384. The minimum absolute atomic E-state index is 0.0638. The topological polar surface area (TPSA) is 83.7 Å². The fourth-order valence-corrected chi connectivity index (χ4v) is 3.40. The summed E-state index contributed by atoms with van der Waals surface area (Å²) in [5.74, 6) is 0. The number of nitrogens with zero attached hydrogens (tertiary/aromatic N) is 4. The molecule has 0 radical (unpaired) electrons. The Labute approximate surface area is 167 Å². The van der Waals surface area contributed by atoms with Crippen molar-refractivity contribution in [3.05, 3.63) is 69.6 Å². The van der Waals surface area contributed by atoms with E-state index in [9.17, 15) is 10.1 Å². The fourth-order valence-electron chi connectivity index (χ4n) is 2.73. The molecule has 0 amide bonds. The molecule has 0 bridgehead atoms. The van der Waals surface area contributed by atoms with E-state index in [1.54, 1.807) is 18.3 Å². The van der Waals surface area contributed by atoms with Crippen molar-refractivity contribution in [1.82, 2.24) is 4.98 Å². The summed E-state index contributed by atoms with van der Waals surface area (Å²) >= 11 is 1.43. The van der Waals surface area contributed by atoms with Crippen molar-refractivity contribution in [2.75, 3.05) is 23.4 Å². The summed E-state index contributed by atoms with van der Waals surface area (Å²) in [5, 5.41) is 17.5. The minimum atomic E-state index is -0.416. The van der Waals surface area contributed by atoms with Gasteiger partial charge in [0, 0.05) is 41.9 Å². The van der Waals surface area contributed by atoms with Gasteiger partial charge in [0.15, 0.2) is 0 Å². The SMILES string of the molecule is CCN(CC)c1ccc(/C=N/Nc2nc(-c3ccc([N+](=O)[O-])cc3)cs2)cc1. The van der Waals surface area contributed by atoms with Crippen LogP contribution in [0.4, 0.5) is 16.5 Å². The van der Waals surface area contributed by atoms with Crippen molar-refractivity contribution in [3.8, 4) is 11.3 Å². The second-order valence-electron chi connectivity index (χ2n) is 5.98. The summed E-state index contributed by atoms with van der Waals surface area (Å²) < 4.78 is 0. The molecular formula is C20H21N5O2S. The Balaban J connectivity index is 1.61. The Morgan fingerprint density at radius 3 is 2.43 bits per heavy atom. The molecule has 0 spiro atoms. The highest BCUT2D eigenvalue weighted by molar-refractivity contribution is 7.14. The molecule has 1 aromatic heterocycles. The van der Waals surface area contributed by atoms with Crippen molar-refractivity contribution in [2.24, 2.45) is 5.10 Å². The highest BCUT2D eigenvalue weighted by atomic mass is 32.1. The largest absolute Gasteiger partial charge is 0.372 e. The molecule has 1 heterocycles. The van der Waals surface area contributed by atoms with Crippen molar-refractivity contribution >= 4 is 34.1 Å². The number of non-ortho nitro benzene ring substituents is 1. The van der Waals surface area contributed by atoms with E-state index in [1.807, 2.05) is 17.5 Å². The quantitative estimate of drug-likeness (QED) is 0.329. The number of hydrogen-bond donors (Lipinski definition) is 1. The van der Waals surface area contributed by atoms with E-state index in [2.05, 4.69) is 46.4 Å². The predicted octanol–water partition coefficient (Wildman–Crippen LogP) is 5.01. The van der Waals surface area contributed by atoms with Gasteiger partial charge >= 0.3 is 0 Å². The molecular weight excluding hydrogens is 374 g/mol. The van der Waals surface area contributed by atoms with E-state index in [0.717, 1.165) is 29.9 Å². The highest BCUT2D eigenvalue weighted by Gasteiger charge is 2.08. The minimum Gasteiger partial charge on any atom is -0.372 e. The summed E-state index contributed by atoms with van der Waals surface area (Å²) in [5.41, 5.74) is 6.76. The van der Waals surface area contributed by atoms with E-state index in [-0.39, 0.29) is 5.69 Å². The summed E-state index contributed by atoms with van der Waals surface area (Å²) in [6, 6.07) is 14.6. The molecule has 28 heavy (non-hydrogen) atoms. The Kier molecular flexibility index (Phi) is 6.33. The molecule has 0 aliphatic rings. The summed E-state index contributed by atoms with van der Waals surface area (Å²) in [7, 11) is 0. The lowest BCUT2D eigenvalue weighted by Gasteiger charge is -2.20. The molecule has 0 aliphatic carbocycles. The maximum Gasteiger partial charge on any atom is 0.269 e. The van der Waals surface area contributed by atoms with Crippen molar-refractivity contribution < 1.29 is 4.92 Å². The van der Waals surface area contributed by atoms with Crippen LogP contribution in [0, 0.1) is 10.1 Å². The Bertz CT molecular complexity index is 947. The molecule has 1 N–H and O–H groups in total. The van der Waals surface area contributed by atoms with Gasteiger partial charge in [-0.15, -0.1) is 11.3 Å². The molecule has 3 aromatic rings. The smallest absolute Gasteiger partial charge is 0.269 e. The maximum absolute atomic E-state index is 10.7. The number of nitro benzene ring substituents is 1. The zero-order valence-electron chi connectivity index (χ0n) is 15.7. The third-order valence-corrected chi connectivity index (χ3v) is 5.02. The predicted molar refractivity (Wildman–Crippen MR) is 115 cm³/mol. The molecule has 144 valence electrons. The van der Waals surface area contributed by atoms with Crippen LogP contribution in [-0.2, 0) is 0 Å². The standard InChI is InChI=1S/C20H21N5O2S/c1-3-24(4-2)17-9-5-15(6-10-17)13-21-23-20-22-19(14-28-20)16-7-11-18(12-8-16)25(26)27/h5-14H,3-4H2,1-2H3,(H,22,23)/b21-13+. The van der Waals surface area contributed by atoms with Crippen LogP contribution in [0.3, 0.4) is 0 Å². The number of aromatic nitrogens is 1. The van der Waals surface area contributed by atoms with Gasteiger partial charge in [0.05, 0.1) is 16.8 Å². The molecule has 0 saturated heterocycles. The molecule has 0 aliphatic heterocycles. The van der Waals surface area contributed by atoms with Crippen LogP contribution in [0.5, 0.6) is 0 Å². The lowest BCUT2D eigenvalue weighted by Crippen LogP contribution is -2.21. The van der Waals surface area contributed by atoms with E-state index in [4.69, 9.17) is 0 Å². The van der Waals surface area contributed by atoms with E-state index >= 15 is 0 Å². The van der Waals surface area contributed by atoms with Crippen LogP contribution < -0.4 is 10.3 Å². The second-order valence-corrected chi connectivity index (χ2v) is 6.83. The molecule has 0 atom stereocenters. The van der Waals surface area contributed by atoms with Crippen LogP contribution in [0.25, 0.3) is 11.3 Å². The Morgan fingerprint density at radius 1 is 1.14 bits per heavy atom. The first-order valence-electron chi connectivity index (χ1n) is 8.95. The average molecular weight is 395 g/mol. The van der Waals surface area contributed by atoms with Gasteiger partial charge in [0.25, 0.3) is 5.69 Å². The monoisotopic (exact) mass is 395 g/mol. The molecule has 0 saturated carbocycles. The average Bonchev–Trinajstić information content (AvgIpc) is 3.19. The zero-order chi connectivity index (χ0) is 19.9. The first-order chi connectivity index (χ1) is 13.6. The number of benzene rings is 2. The normalized spacial score (nSPS) is 10.9. The van der Waals surface area contributed by atoms with Gasteiger partial charge in [-0.3, -0.25) is 15.5 Å². The van der Waals surface area contributed by atoms with Crippen LogP contribution in [0.2, 0.25) is 0 Å². The Morgan fingerprint density at radius 2 is 1.82 bits per heavy atom. The van der Waals surface area contributed by atoms with E-state index in [0.29, 0.717) is 5.13 Å². The van der Waals surface area contributed by atoms with E-state index < -0.39 is 4.92 Å². The number of hydrogen-bond acceptors (Lipinski definition) is 7. The summed E-state index contributed by atoms with van der Waals surface area (Å²) in [6.45, 7) is 6.24. The van der Waals surface area contributed by atoms with E-state index in [1.165, 1.54) is 29.2 Å². The van der Waals surface area contributed by atoms with Gasteiger partial charge < -0.3 is 4.90 Å². The molecule has 8 heteroatoms. The van der Waals surface area contributed by atoms with Gasteiger partial charge in [-0.2, -0.15) is 5.10 Å². The third kappa shape index (κ3) is 4.72. The molecule has 0 fully saturated rings. The second kappa shape index (κ2) is 9.09. The van der Waals surface area contributed by atoms with Crippen molar-refractivity contribution in [3.63, 3.8) is 0 Å². The number of thiazole rings is 1. The van der Waals surface area contributed by atoms with Gasteiger partial charge in [0.1, 0.15) is 0 Å². The van der Waals surface area contributed by atoms with Crippen molar-refractivity contribution in [1.29, 1.82) is 0 Å². The van der Waals surface area contributed by atoms with Crippen LogP contribution >= 0.6 is 11.3 Å². The summed E-state index contributed by atoms with van der Waals surface area (Å²) in [6.07, 6.45) is 1.75. The number of rotatable bonds is 8. The molecule has 3 rings (SSSR count). The van der Waals surface area contributed by atoms with Gasteiger partial charge in [-0.1, -0.05) is 12.1 Å². The highest BCUT2D eigenvalue weighted by Crippen LogP contribution is 2.26. The van der Waals surface area contributed by atoms with Gasteiger partial charge in [-0.05, 0) is 43.7 Å². The van der Waals surface area contributed by atoms with Gasteiger partial charge in [-0.25, -0.2) is 4.98 Å². The number of anilines is 2. The fraction of sp³-hybridized carbons (Fsp3) is 0.200. The molecule has 2 aromatic carbocycles. The van der Waals surface area contributed by atoms with Crippen molar-refractivity contribution in [2.45, 2.75) is 13.8 Å². The number of nitrogens with one attached hydrogen (secondary N) is 1. The first-order valence-corrected chi connectivity index (χ1v) is 9.83. The maximum atomic E-state index is 10.7. The summed E-state index contributed by atoms with van der Waals surface area (Å²) in [4.78, 5) is 17.1. The van der Waals surface area contributed by atoms with Gasteiger partial charge in [0.2, 0.25) is 5.13 Å². The first kappa shape index (κ1) is 19.5. The van der Waals surface area contributed by atoms with Crippen LogP contribution in [-0.4, -0.2) is 29.2 Å². The molecule has 0 unspecified atom stereocenters. The van der Waals surface area contributed by atoms with Crippen LogP contribution in [0.1, 0.15) is 19.4 Å². The third-order valence-electron chi connectivity index (χ3n) is 4.27. The lowest BCUT2D eigenvalue weighted by atomic mass is 10.1. The van der Waals surface area contributed by atoms with Crippen LogP contribution in [0.15, 0.2) is 59.0 Å². The zero-order valence-corrected chi connectivity index (χ0v) is 16.5. The Hall–Kier alpha value is -3.26. The molecule has 7 nitrogen and oxygen atoms in total. The number of hydrazone groups is 1.